The van der Waals surface area contributed by atoms with E-state index in [-0.39, 0.29) is 0 Å². The quantitative estimate of drug-likeness (QED) is 0.825. The lowest BCUT2D eigenvalue weighted by atomic mass is 9.92. The zero-order valence-electron chi connectivity index (χ0n) is 9.26. The summed E-state index contributed by atoms with van der Waals surface area (Å²) in [6.07, 6.45) is 1.04. The third-order valence-electron chi connectivity index (χ3n) is 2.16. The van der Waals surface area contributed by atoms with Gasteiger partial charge in [0.1, 0.15) is 10.8 Å². The number of nitrogens with zero attached hydrogens (tertiary/aromatic N) is 2. The fraction of sp³-hybridized carbons (Fsp3) is 0.700. The normalized spacial score (nSPS) is 12.1. The molecule has 0 saturated heterocycles. The van der Waals surface area contributed by atoms with E-state index in [0.29, 0.717) is 16.3 Å². The lowest BCUT2D eigenvalue weighted by Crippen LogP contribution is -2.12. The zero-order chi connectivity index (χ0) is 10.9. The summed E-state index contributed by atoms with van der Waals surface area (Å²) >= 11 is 5.94. The first kappa shape index (κ1) is 11.4. The van der Waals surface area contributed by atoms with Gasteiger partial charge in [-0.1, -0.05) is 32.4 Å². The van der Waals surface area contributed by atoms with E-state index in [1.54, 1.807) is 4.68 Å². The average molecular weight is 216 g/mol. The van der Waals surface area contributed by atoms with Crippen LogP contribution in [-0.2, 0) is 6.54 Å². The van der Waals surface area contributed by atoms with Crippen LogP contribution in [0.4, 0.5) is 5.82 Å². The van der Waals surface area contributed by atoms with Crippen molar-refractivity contribution in [1.29, 1.82) is 0 Å². The number of hydrogen-bond donors (Lipinski definition) is 1. The summed E-state index contributed by atoms with van der Waals surface area (Å²) in [6, 6.07) is 0. The van der Waals surface area contributed by atoms with Crippen LogP contribution in [0.15, 0.2) is 0 Å². The Labute approximate surface area is 90.2 Å². The Morgan fingerprint density at radius 1 is 1.43 bits per heavy atom. The Morgan fingerprint density at radius 3 is 2.36 bits per heavy atom. The fourth-order valence-electron chi connectivity index (χ4n) is 1.19. The molecule has 0 spiro atoms. The summed E-state index contributed by atoms with van der Waals surface area (Å²) in [4.78, 5) is 0. The topological polar surface area (TPSA) is 43.8 Å². The number of hydrogen-bond acceptors (Lipinski definition) is 2. The molecule has 2 N–H and O–H groups in total. The Balaban J connectivity index is 2.73. The van der Waals surface area contributed by atoms with Gasteiger partial charge < -0.3 is 5.73 Å². The number of aromatic nitrogens is 2. The van der Waals surface area contributed by atoms with Crippen molar-refractivity contribution in [3.05, 3.63) is 10.7 Å². The summed E-state index contributed by atoms with van der Waals surface area (Å²) < 4.78 is 1.78. The Morgan fingerprint density at radius 2 is 2.00 bits per heavy atom. The van der Waals surface area contributed by atoms with Gasteiger partial charge in [-0.25, -0.2) is 4.68 Å². The molecule has 1 rings (SSSR count). The van der Waals surface area contributed by atoms with Crippen molar-refractivity contribution in [3.63, 3.8) is 0 Å². The van der Waals surface area contributed by atoms with Crippen molar-refractivity contribution < 1.29 is 0 Å². The van der Waals surface area contributed by atoms with E-state index in [9.17, 15) is 0 Å². The van der Waals surface area contributed by atoms with Gasteiger partial charge in [-0.05, 0) is 18.8 Å². The molecule has 0 radical (unpaired) electrons. The minimum atomic E-state index is 0.290. The maximum Gasteiger partial charge on any atom is 0.140 e. The number of nitrogens with two attached hydrogens (primary N) is 1. The van der Waals surface area contributed by atoms with Crippen LogP contribution in [0.2, 0.25) is 5.02 Å². The van der Waals surface area contributed by atoms with E-state index in [4.69, 9.17) is 17.3 Å². The predicted octanol–water partition coefficient (Wildman–Crippen LogP) is 2.86. The van der Waals surface area contributed by atoms with Crippen LogP contribution >= 0.6 is 11.6 Å². The highest BCUT2D eigenvalue weighted by molar-refractivity contribution is 6.33. The summed E-state index contributed by atoms with van der Waals surface area (Å²) in [5.74, 6) is 0.577. The first-order valence-corrected chi connectivity index (χ1v) is 5.17. The molecule has 0 atom stereocenters. The van der Waals surface area contributed by atoms with Gasteiger partial charge in [0.15, 0.2) is 0 Å². The molecule has 4 heteroatoms. The molecule has 0 aliphatic rings. The monoisotopic (exact) mass is 215 g/mol. The molecule has 0 unspecified atom stereocenters. The van der Waals surface area contributed by atoms with Crippen LogP contribution in [0, 0.1) is 12.3 Å². The lowest BCUT2D eigenvalue weighted by molar-refractivity contribution is 0.342. The van der Waals surface area contributed by atoms with Crippen molar-refractivity contribution in [2.45, 2.75) is 40.7 Å². The highest BCUT2D eigenvalue weighted by Crippen LogP contribution is 2.25. The number of aryl methyl sites for hydroxylation is 2. The molecule has 0 bridgehead atoms. The highest BCUT2D eigenvalue weighted by Gasteiger charge is 2.14. The second kappa shape index (κ2) is 3.81. The summed E-state index contributed by atoms with van der Waals surface area (Å²) in [5, 5.41) is 4.85. The first-order valence-electron chi connectivity index (χ1n) is 4.79. The Kier molecular flexibility index (Phi) is 3.10. The van der Waals surface area contributed by atoms with Crippen LogP contribution in [0.5, 0.6) is 0 Å². The molecule has 0 aliphatic carbocycles. The third-order valence-corrected chi connectivity index (χ3v) is 2.63. The van der Waals surface area contributed by atoms with Gasteiger partial charge in [0, 0.05) is 6.54 Å². The molecule has 1 aromatic rings. The molecular weight excluding hydrogens is 198 g/mol. The average Bonchev–Trinajstić information content (AvgIpc) is 2.28. The van der Waals surface area contributed by atoms with Gasteiger partial charge in [0.2, 0.25) is 0 Å². The van der Waals surface area contributed by atoms with Gasteiger partial charge in [0.05, 0.1) is 5.69 Å². The van der Waals surface area contributed by atoms with E-state index in [2.05, 4.69) is 25.9 Å². The molecule has 1 heterocycles. The molecular formula is C10H18ClN3. The smallest absolute Gasteiger partial charge is 0.140 e. The van der Waals surface area contributed by atoms with Crippen LogP contribution in [0.3, 0.4) is 0 Å². The second-order valence-electron chi connectivity index (χ2n) is 4.82. The van der Waals surface area contributed by atoms with E-state index < -0.39 is 0 Å². The molecule has 0 amide bonds. The maximum atomic E-state index is 5.94. The largest absolute Gasteiger partial charge is 0.383 e. The van der Waals surface area contributed by atoms with Gasteiger partial charge >= 0.3 is 0 Å². The van der Waals surface area contributed by atoms with Crippen LogP contribution < -0.4 is 5.73 Å². The van der Waals surface area contributed by atoms with Crippen LogP contribution in [0.1, 0.15) is 32.9 Å². The van der Waals surface area contributed by atoms with E-state index >= 15 is 0 Å². The molecule has 0 aliphatic heterocycles. The fourth-order valence-corrected chi connectivity index (χ4v) is 1.32. The molecule has 14 heavy (non-hydrogen) atoms. The van der Waals surface area contributed by atoms with Crippen LogP contribution in [0.25, 0.3) is 0 Å². The minimum Gasteiger partial charge on any atom is -0.383 e. The number of rotatable bonds is 2. The summed E-state index contributed by atoms with van der Waals surface area (Å²) in [5.41, 5.74) is 6.90. The SMILES string of the molecule is Cc1nn(CCC(C)(C)C)c(N)c1Cl. The molecule has 1 aromatic heterocycles. The van der Waals surface area contributed by atoms with Gasteiger partial charge in [-0.15, -0.1) is 0 Å². The Bertz CT molecular complexity index is 323. The van der Waals surface area contributed by atoms with Crippen LogP contribution in [-0.4, -0.2) is 9.78 Å². The molecule has 0 saturated carbocycles. The molecule has 3 nitrogen and oxygen atoms in total. The van der Waals surface area contributed by atoms with E-state index in [1.165, 1.54) is 0 Å². The minimum absolute atomic E-state index is 0.290. The molecule has 0 aromatic carbocycles. The molecule has 80 valence electrons. The van der Waals surface area contributed by atoms with Gasteiger partial charge in [-0.2, -0.15) is 5.10 Å². The predicted molar refractivity (Wildman–Crippen MR) is 60.5 cm³/mol. The lowest BCUT2D eigenvalue weighted by Gasteiger charge is -2.17. The number of halogens is 1. The zero-order valence-corrected chi connectivity index (χ0v) is 10.0. The van der Waals surface area contributed by atoms with E-state index in [0.717, 1.165) is 18.7 Å². The molecule has 0 fully saturated rings. The van der Waals surface area contributed by atoms with Crippen molar-refractivity contribution in [2.24, 2.45) is 5.41 Å². The van der Waals surface area contributed by atoms with Crippen molar-refractivity contribution >= 4 is 17.4 Å². The second-order valence-corrected chi connectivity index (χ2v) is 5.20. The summed E-state index contributed by atoms with van der Waals surface area (Å²) in [7, 11) is 0. The highest BCUT2D eigenvalue weighted by atomic mass is 35.5. The van der Waals surface area contributed by atoms with Gasteiger partial charge in [-0.3, -0.25) is 0 Å². The van der Waals surface area contributed by atoms with Crippen molar-refractivity contribution in [1.82, 2.24) is 9.78 Å². The maximum absolute atomic E-state index is 5.94. The Hall–Kier alpha value is -0.700. The van der Waals surface area contributed by atoms with Gasteiger partial charge in [0.25, 0.3) is 0 Å². The van der Waals surface area contributed by atoms with Crippen molar-refractivity contribution in [3.8, 4) is 0 Å². The summed E-state index contributed by atoms with van der Waals surface area (Å²) in [6.45, 7) is 9.28. The first-order chi connectivity index (χ1) is 6.31. The van der Waals surface area contributed by atoms with E-state index in [1.807, 2.05) is 6.92 Å². The number of nitrogen functional groups attached to an aromatic ring is 1. The standard InChI is InChI=1S/C10H18ClN3/c1-7-8(11)9(12)14(13-7)6-5-10(2,3)4/h5-6,12H2,1-4H3. The third kappa shape index (κ3) is 2.64. The number of anilines is 1. The van der Waals surface area contributed by atoms with Crippen molar-refractivity contribution in [2.75, 3.05) is 5.73 Å².